The number of methoxy groups -OCH3 is 2. The summed E-state index contributed by atoms with van der Waals surface area (Å²) in [7, 11) is 3.03. The number of amides is 2. The Morgan fingerprint density at radius 2 is 1.69 bits per heavy atom. The summed E-state index contributed by atoms with van der Waals surface area (Å²) in [6, 6.07) is 10.4. The van der Waals surface area contributed by atoms with Crippen molar-refractivity contribution in [3.8, 4) is 11.5 Å². The minimum Gasteiger partial charge on any atom is -0.493 e. The first-order chi connectivity index (χ1) is 16.9. The van der Waals surface area contributed by atoms with E-state index in [4.69, 9.17) is 9.47 Å². The lowest BCUT2D eigenvalue weighted by Gasteiger charge is -2.29. The lowest BCUT2D eigenvalue weighted by molar-refractivity contribution is -0.267. The molecule has 2 aromatic carbocycles. The van der Waals surface area contributed by atoms with Gasteiger partial charge in [0.05, 0.1) is 26.5 Å². The molecule has 0 bridgehead atoms. The minimum atomic E-state index is -6.01. The van der Waals surface area contributed by atoms with Crippen molar-refractivity contribution < 1.29 is 41.0 Å². The summed E-state index contributed by atoms with van der Waals surface area (Å²) < 4.78 is 74.0. The Hall–Kier alpha value is -3.70. The largest absolute Gasteiger partial charge is 0.493 e. The van der Waals surface area contributed by atoms with E-state index in [1.54, 1.807) is 17.4 Å². The topological polar surface area (TPSA) is 80.2 Å². The molecule has 2 amide bonds. The van der Waals surface area contributed by atoms with Crippen molar-refractivity contribution in [3.05, 3.63) is 53.6 Å². The number of alkyl halides is 5. The molecule has 7 nitrogen and oxygen atoms in total. The molecule has 0 spiro atoms. The Labute approximate surface area is 203 Å². The van der Waals surface area contributed by atoms with E-state index in [0.717, 1.165) is 5.56 Å². The van der Waals surface area contributed by atoms with Crippen molar-refractivity contribution in [2.24, 2.45) is 11.0 Å². The fourth-order valence-corrected chi connectivity index (χ4v) is 3.64. The fourth-order valence-electron chi connectivity index (χ4n) is 3.64. The lowest BCUT2D eigenvalue weighted by Crippen LogP contribution is -2.47. The van der Waals surface area contributed by atoms with Gasteiger partial charge in [-0.25, -0.2) is 5.01 Å². The maximum Gasteiger partial charge on any atom is 0.463 e. The molecule has 1 aliphatic heterocycles. The van der Waals surface area contributed by atoms with Crippen LogP contribution in [-0.4, -0.2) is 48.9 Å². The summed E-state index contributed by atoms with van der Waals surface area (Å²) in [6.07, 6.45) is -5.13. The second kappa shape index (κ2) is 10.5. The number of nitrogens with one attached hydrogen (secondary N) is 1. The first kappa shape index (κ1) is 26.9. The van der Waals surface area contributed by atoms with E-state index in [9.17, 15) is 31.5 Å². The summed E-state index contributed by atoms with van der Waals surface area (Å²) >= 11 is 0. The Morgan fingerprint density at radius 3 is 2.25 bits per heavy atom. The molecule has 194 valence electrons. The third-order valence-electron chi connectivity index (χ3n) is 5.68. The Morgan fingerprint density at radius 1 is 1.06 bits per heavy atom. The van der Waals surface area contributed by atoms with Crippen LogP contribution in [0.3, 0.4) is 0 Å². The van der Waals surface area contributed by atoms with Crippen molar-refractivity contribution in [2.75, 3.05) is 19.5 Å². The number of hydrogen-bond donors (Lipinski definition) is 1. The molecule has 36 heavy (non-hydrogen) atoms. The van der Waals surface area contributed by atoms with Crippen molar-refractivity contribution in [1.29, 1.82) is 0 Å². The Bertz CT molecular complexity index is 1150. The van der Waals surface area contributed by atoms with Crippen LogP contribution in [0.25, 0.3) is 0 Å². The van der Waals surface area contributed by atoms with Crippen molar-refractivity contribution in [3.63, 3.8) is 0 Å². The van der Waals surface area contributed by atoms with E-state index >= 15 is 0 Å². The standard InChI is InChI=1S/C24H24F5N3O4/c1-4-15-12-20(33)32(31-21(15)16-7-10-18(35-2)19(11-16)36-3)13-14-5-8-17(9-6-14)30-22(34)23(25,26)24(27,28)29/h5-11,15H,4,12-13H2,1-3H3,(H,30,34). The van der Waals surface area contributed by atoms with Gasteiger partial charge in [-0.1, -0.05) is 19.1 Å². The quantitative estimate of drug-likeness (QED) is 0.504. The first-order valence-electron chi connectivity index (χ1n) is 10.9. The highest BCUT2D eigenvalue weighted by molar-refractivity contribution is 6.06. The van der Waals surface area contributed by atoms with Gasteiger partial charge in [0.25, 0.3) is 0 Å². The molecule has 0 saturated heterocycles. The molecular weight excluding hydrogens is 489 g/mol. The van der Waals surface area contributed by atoms with Crippen molar-refractivity contribution >= 4 is 23.2 Å². The summed E-state index contributed by atoms with van der Waals surface area (Å²) in [5.41, 5.74) is 1.70. The van der Waals surface area contributed by atoms with E-state index < -0.39 is 18.0 Å². The molecule has 12 heteroatoms. The van der Waals surface area contributed by atoms with Crippen molar-refractivity contribution in [1.82, 2.24) is 5.01 Å². The van der Waals surface area contributed by atoms with E-state index in [-0.39, 0.29) is 30.5 Å². The average Bonchev–Trinajstić information content (AvgIpc) is 2.84. The zero-order chi connectivity index (χ0) is 26.7. The van der Waals surface area contributed by atoms with Gasteiger partial charge in [-0.15, -0.1) is 0 Å². The maximum atomic E-state index is 13.2. The number of rotatable bonds is 8. The summed E-state index contributed by atoms with van der Waals surface area (Å²) in [5.74, 6) is -7.32. The first-order valence-corrected chi connectivity index (χ1v) is 10.9. The van der Waals surface area contributed by atoms with Gasteiger partial charge >= 0.3 is 18.0 Å². The summed E-state index contributed by atoms with van der Waals surface area (Å²) in [5, 5.41) is 7.37. The number of ether oxygens (including phenoxy) is 2. The zero-order valence-corrected chi connectivity index (χ0v) is 19.7. The molecule has 1 N–H and O–H groups in total. The third kappa shape index (κ3) is 5.58. The Kier molecular flexibility index (Phi) is 7.85. The van der Waals surface area contributed by atoms with Crippen LogP contribution in [0.1, 0.15) is 30.9 Å². The predicted molar refractivity (Wildman–Crippen MR) is 121 cm³/mol. The second-order valence-electron chi connectivity index (χ2n) is 8.04. The summed E-state index contributed by atoms with van der Waals surface area (Å²) in [6.45, 7) is 1.97. The number of halogens is 5. The van der Waals surface area contributed by atoms with E-state index in [1.807, 2.05) is 13.0 Å². The number of benzene rings is 2. The minimum absolute atomic E-state index is 0.0268. The predicted octanol–water partition coefficient (Wildman–Crippen LogP) is 5.00. The van der Waals surface area contributed by atoms with E-state index in [2.05, 4.69) is 5.10 Å². The average molecular weight is 513 g/mol. The van der Waals surface area contributed by atoms with Crippen LogP contribution < -0.4 is 14.8 Å². The smallest absolute Gasteiger partial charge is 0.463 e. The van der Waals surface area contributed by atoms with Gasteiger partial charge in [0.15, 0.2) is 11.5 Å². The summed E-state index contributed by atoms with van der Waals surface area (Å²) in [4.78, 5) is 24.1. The Balaban J connectivity index is 1.80. The third-order valence-corrected chi connectivity index (χ3v) is 5.68. The number of anilines is 1. The van der Waals surface area contributed by atoms with Gasteiger partial charge in [0.2, 0.25) is 5.91 Å². The van der Waals surface area contributed by atoms with Crippen molar-refractivity contribution in [2.45, 2.75) is 38.4 Å². The molecule has 1 unspecified atom stereocenters. The number of hydrogen-bond acceptors (Lipinski definition) is 5. The molecule has 0 aromatic heterocycles. The molecule has 1 heterocycles. The van der Waals surface area contributed by atoms with Gasteiger partial charge in [-0.3, -0.25) is 9.59 Å². The fraction of sp³-hybridized carbons (Fsp3) is 0.375. The van der Waals surface area contributed by atoms with E-state index in [0.29, 0.717) is 29.2 Å². The monoisotopic (exact) mass is 513 g/mol. The maximum absolute atomic E-state index is 13.2. The van der Waals surface area contributed by atoms with Gasteiger partial charge < -0.3 is 14.8 Å². The zero-order valence-electron chi connectivity index (χ0n) is 19.7. The molecule has 1 aliphatic rings. The van der Waals surface area contributed by atoms with Crippen LogP contribution in [0.15, 0.2) is 47.6 Å². The van der Waals surface area contributed by atoms with Crippen LogP contribution in [0, 0.1) is 5.92 Å². The normalized spacial score (nSPS) is 16.4. The van der Waals surface area contributed by atoms with E-state index in [1.165, 1.54) is 43.5 Å². The van der Waals surface area contributed by atoms with Gasteiger partial charge in [0.1, 0.15) is 0 Å². The lowest BCUT2D eigenvalue weighted by atomic mass is 9.89. The van der Waals surface area contributed by atoms with Crippen LogP contribution in [0.5, 0.6) is 11.5 Å². The molecule has 0 saturated carbocycles. The molecule has 0 fully saturated rings. The molecule has 1 atom stereocenters. The van der Waals surface area contributed by atoms with Crippen LogP contribution in [-0.2, 0) is 16.1 Å². The molecule has 2 aromatic rings. The SMILES string of the molecule is CCC1CC(=O)N(Cc2ccc(NC(=O)C(F)(F)C(F)(F)F)cc2)N=C1c1ccc(OC)c(OC)c1. The molecular formula is C24H24F5N3O4. The number of nitrogens with zero attached hydrogens (tertiary/aromatic N) is 2. The highest BCUT2D eigenvalue weighted by atomic mass is 19.4. The van der Waals surface area contributed by atoms with Gasteiger partial charge in [0, 0.05) is 23.6 Å². The number of carbonyl (C=O) groups excluding carboxylic acids is 2. The van der Waals surface area contributed by atoms with Crippen LogP contribution in [0.2, 0.25) is 0 Å². The van der Waals surface area contributed by atoms with Crippen LogP contribution >= 0.6 is 0 Å². The molecule has 0 aliphatic carbocycles. The highest BCUT2D eigenvalue weighted by Gasteiger charge is 2.63. The number of carbonyl (C=O) groups is 2. The van der Waals surface area contributed by atoms with Gasteiger partial charge in [-0.2, -0.15) is 27.1 Å². The number of hydrazone groups is 1. The van der Waals surface area contributed by atoms with Crippen LogP contribution in [0.4, 0.5) is 27.6 Å². The van der Waals surface area contributed by atoms with Gasteiger partial charge in [-0.05, 0) is 42.3 Å². The second-order valence-corrected chi connectivity index (χ2v) is 8.04. The highest BCUT2D eigenvalue weighted by Crippen LogP contribution is 2.36. The molecule has 0 radical (unpaired) electrons. The molecule has 3 rings (SSSR count).